The van der Waals surface area contributed by atoms with Crippen LogP contribution in [-0.2, 0) is 0 Å². The van der Waals surface area contributed by atoms with Crippen LogP contribution in [0.4, 0.5) is 0 Å². The second kappa shape index (κ2) is 6.34. The highest BCUT2D eigenvalue weighted by atomic mass is 127. The van der Waals surface area contributed by atoms with Gasteiger partial charge in [-0.3, -0.25) is 0 Å². The lowest BCUT2D eigenvalue weighted by molar-refractivity contribution is 0.625. The molecule has 94 valence electrons. The van der Waals surface area contributed by atoms with Crippen LogP contribution in [0.1, 0.15) is 29.7 Å². The molecule has 0 fully saturated rings. The zero-order valence-electron chi connectivity index (χ0n) is 10.8. The van der Waals surface area contributed by atoms with E-state index in [1.54, 1.807) is 0 Å². The first-order valence-electron chi connectivity index (χ1n) is 6.27. The highest BCUT2D eigenvalue weighted by Crippen LogP contribution is 2.28. The predicted octanol–water partition coefficient (Wildman–Crippen LogP) is 4.30. The summed E-state index contributed by atoms with van der Waals surface area (Å²) in [7, 11) is 0. The maximum atomic E-state index is 3.59. The van der Waals surface area contributed by atoms with E-state index in [-0.39, 0.29) is 6.04 Å². The Hall–Kier alpha value is -0.870. The molecule has 0 spiro atoms. The van der Waals surface area contributed by atoms with Crippen molar-refractivity contribution in [1.82, 2.24) is 5.32 Å². The van der Waals surface area contributed by atoms with Crippen molar-refractivity contribution in [2.24, 2.45) is 0 Å². The number of halogens is 1. The molecule has 1 N–H and O–H groups in total. The maximum absolute atomic E-state index is 3.59. The van der Waals surface area contributed by atoms with Crippen molar-refractivity contribution in [3.05, 3.63) is 68.8 Å². The summed E-state index contributed by atoms with van der Waals surface area (Å²) in [6, 6.07) is 17.5. The summed E-state index contributed by atoms with van der Waals surface area (Å²) in [5.74, 6) is 0. The van der Waals surface area contributed by atoms with Crippen LogP contribution in [0.15, 0.2) is 48.5 Å². The van der Waals surface area contributed by atoms with Crippen LogP contribution in [0.25, 0.3) is 0 Å². The highest BCUT2D eigenvalue weighted by Gasteiger charge is 2.16. The molecule has 2 rings (SSSR count). The number of aryl methyl sites for hydroxylation is 1. The third-order valence-electron chi connectivity index (χ3n) is 3.12. The molecule has 1 nitrogen and oxygen atoms in total. The van der Waals surface area contributed by atoms with Crippen LogP contribution in [0.2, 0.25) is 0 Å². The quantitative estimate of drug-likeness (QED) is 0.810. The Balaban J connectivity index is 2.47. The minimum atomic E-state index is 0.282. The van der Waals surface area contributed by atoms with Gasteiger partial charge in [-0.1, -0.05) is 49.4 Å². The van der Waals surface area contributed by atoms with Crippen molar-refractivity contribution in [2.45, 2.75) is 19.9 Å². The lowest BCUT2D eigenvalue weighted by atomic mass is 9.95. The summed E-state index contributed by atoms with van der Waals surface area (Å²) >= 11 is 2.41. The van der Waals surface area contributed by atoms with Gasteiger partial charge in [0, 0.05) is 3.57 Å². The average molecular weight is 351 g/mol. The SMILES string of the molecule is CCNC(c1ccccc1C)c1ccccc1I. The van der Waals surface area contributed by atoms with Gasteiger partial charge in [-0.25, -0.2) is 0 Å². The minimum Gasteiger partial charge on any atom is -0.306 e. The minimum absolute atomic E-state index is 0.282. The standard InChI is InChI=1S/C16H18IN/c1-3-18-16(13-9-5-4-8-12(13)2)14-10-6-7-11-15(14)17/h4-11,16,18H,3H2,1-2H3. The first-order valence-corrected chi connectivity index (χ1v) is 7.35. The molecule has 2 aromatic carbocycles. The summed E-state index contributed by atoms with van der Waals surface area (Å²) in [4.78, 5) is 0. The predicted molar refractivity (Wildman–Crippen MR) is 85.9 cm³/mol. The Labute approximate surface area is 123 Å². The third-order valence-corrected chi connectivity index (χ3v) is 4.11. The van der Waals surface area contributed by atoms with Gasteiger partial charge in [-0.15, -0.1) is 0 Å². The number of rotatable bonds is 4. The van der Waals surface area contributed by atoms with E-state index in [4.69, 9.17) is 0 Å². The van der Waals surface area contributed by atoms with Crippen molar-refractivity contribution in [3.8, 4) is 0 Å². The summed E-state index contributed by atoms with van der Waals surface area (Å²) in [6.07, 6.45) is 0. The fourth-order valence-electron chi connectivity index (χ4n) is 2.21. The van der Waals surface area contributed by atoms with Crippen LogP contribution in [-0.4, -0.2) is 6.54 Å². The van der Waals surface area contributed by atoms with E-state index >= 15 is 0 Å². The van der Waals surface area contributed by atoms with E-state index in [1.807, 2.05) is 0 Å². The molecule has 0 aliphatic heterocycles. The molecule has 0 aromatic heterocycles. The maximum Gasteiger partial charge on any atom is 0.0589 e. The molecular weight excluding hydrogens is 333 g/mol. The Kier molecular flexibility index (Phi) is 4.78. The largest absolute Gasteiger partial charge is 0.306 e. The summed E-state index contributed by atoms with van der Waals surface area (Å²) in [6.45, 7) is 5.29. The molecule has 18 heavy (non-hydrogen) atoms. The molecule has 2 aromatic rings. The van der Waals surface area contributed by atoms with Gasteiger partial charge in [0.25, 0.3) is 0 Å². The summed E-state index contributed by atoms with van der Waals surface area (Å²) in [5, 5.41) is 3.59. The number of benzene rings is 2. The third kappa shape index (κ3) is 2.93. The number of nitrogens with one attached hydrogen (secondary N) is 1. The second-order valence-corrected chi connectivity index (χ2v) is 5.53. The first-order chi connectivity index (χ1) is 8.74. The van der Waals surface area contributed by atoms with Crippen molar-refractivity contribution >= 4 is 22.6 Å². The average Bonchev–Trinajstić information content (AvgIpc) is 2.38. The van der Waals surface area contributed by atoms with Gasteiger partial charge in [0.15, 0.2) is 0 Å². The van der Waals surface area contributed by atoms with Gasteiger partial charge in [-0.05, 0) is 58.8 Å². The molecule has 2 heteroatoms. The van der Waals surface area contributed by atoms with Crippen molar-refractivity contribution in [1.29, 1.82) is 0 Å². The van der Waals surface area contributed by atoms with Gasteiger partial charge < -0.3 is 5.32 Å². The molecular formula is C16H18IN. The molecule has 1 atom stereocenters. The lowest BCUT2D eigenvalue weighted by Gasteiger charge is -2.22. The van der Waals surface area contributed by atoms with Crippen LogP contribution < -0.4 is 5.32 Å². The molecule has 0 saturated carbocycles. The van der Waals surface area contributed by atoms with E-state index in [0.29, 0.717) is 0 Å². The monoisotopic (exact) mass is 351 g/mol. The lowest BCUT2D eigenvalue weighted by Crippen LogP contribution is -2.23. The van der Waals surface area contributed by atoms with E-state index in [1.165, 1.54) is 20.3 Å². The molecule has 1 unspecified atom stereocenters. The van der Waals surface area contributed by atoms with Crippen molar-refractivity contribution < 1.29 is 0 Å². The van der Waals surface area contributed by atoms with Gasteiger partial charge in [0.2, 0.25) is 0 Å². The molecule has 0 amide bonds. The zero-order chi connectivity index (χ0) is 13.0. The fraction of sp³-hybridized carbons (Fsp3) is 0.250. The normalized spacial score (nSPS) is 12.4. The molecule has 0 saturated heterocycles. The van der Waals surface area contributed by atoms with E-state index < -0.39 is 0 Å². The Morgan fingerprint density at radius 2 is 1.61 bits per heavy atom. The van der Waals surface area contributed by atoms with Gasteiger partial charge >= 0.3 is 0 Å². The fourth-order valence-corrected chi connectivity index (χ4v) is 2.91. The molecule has 0 aliphatic rings. The van der Waals surface area contributed by atoms with Crippen LogP contribution in [0.3, 0.4) is 0 Å². The molecule has 0 heterocycles. The topological polar surface area (TPSA) is 12.0 Å². The Bertz CT molecular complexity index is 477. The second-order valence-electron chi connectivity index (χ2n) is 4.37. The van der Waals surface area contributed by atoms with E-state index in [9.17, 15) is 0 Å². The zero-order valence-corrected chi connectivity index (χ0v) is 12.9. The van der Waals surface area contributed by atoms with Crippen LogP contribution in [0, 0.1) is 10.5 Å². The van der Waals surface area contributed by atoms with E-state index in [2.05, 4.69) is 90.3 Å². The van der Waals surface area contributed by atoms with Crippen molar-refractivity contribution in [2.75, 3.05) is 6.54 Å². The van der Waals surface area contributed by atoms with Crippen molar-refractivity contribution in [3.63, 3.8) is 0 Å². The van der Waals surface area contributed by atoms with Gasteiger partial charge in [0.1, 0.15) is 0 Å². The number of hydrogen-bond donors (Lipinski definition) is 1. The smallest absolute Gasteiger partial charge is 0.0589 e. The molecule has 0 radical (unpaired) electrons. The first kappa shape index (κ1) is 13.6. The van der Waals surface area contributed by atoms with Gasteiger partial charge in [-0.2, -0.15) is 0 Å². The summed E-state index contributed by atoms with van der Waals surface area (Å²) in [5.41, 5.74) is 4.06. The molecule has 0 bridgehead atoms. The highest BCUT2D eigenvalue weighted by molar-refractivity contribution is 14.1. The molecule has 0 aliphatic carbocycles. The summed E-state index contributed by atoms with van der Waals surface area (Å²) < 4.78 is 1.31. The van der Waals surface area contributed by atoms with Gasteiger partial charge in [0.05, 0.1) is 6.04 Å². The van der Waals surface area contributed by atoms with E-state index in [0.717, 1.165) is 6.54 Å². The Morgan fingerprint density at radius 1 is 1.00 bits per heavy atom. The number of hydrogen-bond acceptors (Lipinski definition) is 1. The van der Waals surface area contributed by atoms with Crippen LogP contribution in [0.5, 0.6) is 0 Å². The van der Waals surface area contributed by atoms with Crippen LogP contribution >= 0.6 is 22.6 Å². The Morgan fingerprint density at radius 3 is 2.22 bits per heavy atom.